The minimum Gasteiger partial charge on any atom is -0.387 e. The molecule has 1 aromatic carbocycles. The standard InChI is InChI=1S/C15H19ClN2O/c1-3-18-15(13(16)10-17-18)14(19)9-8-12-6-4-11(2)5-7-12/h4-7,10,14,19H,3,8-9H2,1-2H3. The zero-order valence-corrected chi connectivity index (χ0v) is 12.1. The van der Waals surface area contributed by atoms with Crippen molar-refractivity contribution in [3.63, 3.8) is 0 Å². The summed E-state index contributed by atoms with van der Waals surface area (Å²) in [6.07, 6.45) is 2.49. The van der Waals surface area contributed by atoms with Gasteiger partial charge in [0.05, 0.1) is 23.0 Å². The van der Waals surface area contributed by atoms with Crippen molar-refractivity contribution in [2.75, 3.05) is 0 Å². The third-order valence-electron chi connectivity index (χ3n) is 3.28. The van der Waals surface area contributed by atoms with Gasteiger partial charge in [-0.25, -0.2) is 0 Å². The van der Waals surface area contributed by atoms with Gasteiger partial charge in [-0.2, -0.15) is 5.10 Å². The van der Waals surface area contributed by atoms with E-state index in [1.807, 2.05) is 6.92 Å². The minimum absolute atomic E-state index is 0.540. The summed E-state index contributed by atoms with van der Waals surface area (Å²) in [4.78, 5) is 0. The molecule has 4 heteroatoms. The van der Waals surface area contributed by atoms with E-state index < -0.39 is 6.10 Å². The van der Waals surface area contributed by atoms with Crippen LogP contribution >= 0.6 is 11.6 Å². The Morgan fingerprint density at radius 1 is 1.32 bits per heavy atom. The molecule has 1 atom stereocenters. The number of benzene rings is 1. The number of rotatable bonds is 5. The zero-order chi connectivity index (χ0) is 13.8. The normalized spacial score (nSPS) is 12.6. The Hall–Kier alpha value is -1.32. The average Bonchev–Trinajstić information content (AvgIpc) is 2.79. The summed E-state index contributed by atoms with van der Waals surface area (Å²) >= 11 is 6.08. The van der Waals surface area contributed by atoms with Gasteiger partial charge in [0.25, 0.3) is 0 Å². The predicted molar refractivity (Wildman–Crippen MR) is 77.4 cm³/mol. The first-order valence-electron chi connectivity index (χ1n) is 6.56. The molecule has 3 nitrogen and oxygen atoms in total. The SMILES string of the molecule is CCn1ncc(Cl)c1C(O)CCc1ccc(C)cc1. The van der Waals surface area contributed by atoms with Crippen LogP contribution in [0, 0.1) is 6.92 Å². The largest absolute Gasteiger partial charge is 0.387 e. The van der Waals surface area contributed by atoms with Crippen LogP contribution in [0.4, 0.5) is 0 Å². The summed E-state index contributed by atoms with van der Waals surface area (Å²) in [7, 11) is 0. The van der Waals surface area contributed by atoms with Gasteiger partial charge in [0.2, 0.25) is 0 Å². The van der Waals surface area contributed by atoms with E-state index in [4.69, 9.17) is 11.6 Å². The summed E-state index contributed by atoms with van der Waals surface area (Å²) in [6, 6.07) is 8.37. The van der Waals surface area contributed by atoms with Crippen LogP contribution in [0.1, 0.15) is 36.3 Å². The highest BCUT2D eigenvalue weighted by Crippen LogP contribution is 2.26. The average molecular weight is 279 g/mol. The van der Waals surface area contributed by atoms with Crippen LogP contribution in [0.3, 0.4) is 0 Å². The number of aliphatic hydroxyl groups excluding tert-OH is 1. The summed E-state index contributed by atoms with van der Waals surface area (Å²) in [5, 5.41) is 15.0. The second kappa shape index (κ2) is 6.22. The molecule has 19 heavy (non-hydrogen) atoms. The molecule has 0 saturated carbocycles. The van der Waals surface area contributed by atoms with Gasteiger partial charge in [0.1, 0.15) is 0 Å². The molecule has 1 N–H and O–H groups in total. The number of hydrogen-bond donors (Lipinski definition) is 1. The van der Waals surface area contributed by atoms with E-state index in [0.717, 1.165) is 12.1 Å². The van der Waals surface area contributed by atoms with Crippen LogP contribution < -0.4 is 0 Å². The third-order valence-corrected chi connectivity index (χ3v) is 3.57. The fraction of sp³-hybridized carbons (Fsp3) is 0.400. The first-order valence-corrected chi connectivity index (χ1v) is 6.94. The number of aliphatic hydroxyl groups is 1. The summed E-state index contributed by atoms with van der Waals surface area (Å²) < 4.78 is 1.75. The molecule has 2 rings (SSSR count). The van der Waals surface area contributed by atoms with Crippen molar-refractivity contribution in [2.45, 2.75) is 39.3 Å². The first kappa shape index (κ1) is 14.1. The van der Waals surface area contributed by atoms with Crippen molar-refractivity contribution in [3.05, 3.63) is 52.3 Å². The van der Waals surface area contributed by atoms with E-state index in [1.54, 1.807) is 10.9 Å². The van der Waals surface area contributed by atoms with Gasteiger partial charge in [0, 0.05) is 6.54 Å². The molecular weight excluding hydrogens is 260 g/mol. The zero-order valence-electron chi connectivity index (χ0n) is 11.3. The Kier molecular flexibility index (Phi) is 4.61. The molecule has 0 aliphatic heterocycles. The molecule has 102 valence electrons. The van der Waals surface area contributed by atoms with Gasteiger partial charge in [-0.1, -0.05) is 41.4 Å². The van der Waals surface area contributed by atoms with E-state index >= 15 is 0 Å². The second-order valence-electron chi connectivity index (χ2n) is 4.73. The first-order chi connectivity index (χ1) is 9.11. The highest BCUT2D eigenvalue weighted by molar-refractivity contribution is 6.31. The van der Waals surface area contributed by atoms with E-state index in [2.05, 4.69) is 36.3 Å². The quantitative estimate of drug-likeness (QED) is 0.909. The van der Waals surface area contributed by atoms with Crippen LogP contribution in [0.15, 0.2) is 30.5 Å². The number of hydrogen-bond acceptors (Lipinski definition) is 2. The molecule has 0 spiro atoms. The van der Waals surface area contributed by atoms with Gasteiger partial charge in [0.15, 0.2) is 0 Å². The summed E-state index contributed by atoms with van der Waals surface area (Å²) in [5.41, 5.74) is 3.19. The maximum absolute atomic E-state index is 10.3. The summed E-state index contributed by atoms with van der Waals surface area (Å²) in [5.74, 6) is 0. The van der Waals surface area contributed by atoms with Gasteiger partial charge >= 0.3 is 0 Å². The fourth-order valence-electron chi connectivity index (χ4n) is 2.15. The Labute approximate surface area is 118 Å². The van der Waals surface area contributed by atoms with Gasteiger partial charge in [-0.15, -0.1) is 0 Å². The molecule has 0 aliphatic carbocycles. The Bertz CT molecular complexity index is 534. The van der Waals surface area contributed by atoms with Crippen LogP contribution in [0.5, 0.6) is 0 Å². The van der Waals surface area contributed by atoms with E-state index in [1.165, 1.54) is 11.1 Å². The number of aromatic nitrogens is 2. The lowest BCUT2D eigenvalue weighted by Crippen LogP contribution is -2.09. The van der Waals surface area contributed by atoms with Gasteiger partial charge < -0.3 is 5.11 Å². The number of aryl methyl sites for hydroxylation is 3. The molecule has 1 unspecified atom stereocenters. The van der Waals surface area contributed by atoms with Gasteiger partial charge in [-0.3, -0.25) is 4.68 Å². The second-order valence-corrected chi connectivity index (χ2v) is 5.14. The van der Waals surface area contributed by atoms with Crippen molar-refractivity contribution in [1.82, 2.24) is 9.78 Å². The highest BCUT2D eigenvalue weighted by atomic mass is 35.5. The number of nitrogens with zero attached hydrogens (tertiary/aromatic N) is 2. The third kappa shape index (κ3) is 3.37. The Morgan fingerprint density at radius 2 is 2.00 bits per heavy atom. The lowest BCUT2D eigenvalue weighted by molar-refractivity contribution is 0.157. The lowest BCUT2D eigenvalue weighted by Gasteiger charge is -2.13. The van der Waals surface area contributed by atoms with Gasteiger partial charge in [-0.05, 0) is 32.3 Å². The predicted octanol–water partition coefficient (Wildman–Crippen LogP) is 3.53. The molecule has 1 aromatic heterocycles. The van der Waals surface area contributed by atoms with Crippen molar-refractivity contribution in [3.8, 4) is 0 Å². The van der Waals surface area contributed by atoms with Crippen molar-refractivity contribution >= 4 is 11.6 Å². The minimum atomic E-state index is -0.573. The molecule has 0 amide bonds. The van der Waals surface area contributed by atoms with E-state index in [9.17, 15) is 5.11 Å². The molecule has 0 bridgehead atoms. The van der Waals surface area contributed by atoms with Crippen molar-refractivity contribution in [1.29, 1.82) is 0 Å². The van der Waals surface area contributed by atoms with Crippen molar-refractivity contribution < 1.29 is 5.11 Å². The van der Waals surface area contributed by atoms with E-state index in [-0.39, 0.29) is 0 Å². The van der Waals surface area contributed by atoms with Crippen LogP contribution in [-0.4, -0.2) is 14.9 Å². The monoisotopic (exact) mass is 278 g/mol. The molecule has 1 heterocycles. The van der Waals surface area contributed by atoms with Crippen LogP contribution in [0.25, 0.3) is 0 Å². The maximum Gasteiger partial charge on any atom is 0.0975 e. The topological polar surface area (TPSA) is 38.0 Å². The maximum atomic E-state index is 10.3. The van der Waals surface area contributed by atoms with E-state index in [0.29, 0.717) is 18.0 Å². The molecule has 0 aliphatic rings. The highest BCUT2D eigenvalue weighted by Gasteiger charge is 2.17. The molecular formula is C15H19ClN2O. The Balaban J connectivity index is 2.03. The van der Waals surface area contributed by atoms with Crippen LogP contribution in [-0.2, 0) is 13.0 Å². The molecule has 0 fully saturated rings. The smallest absolute Gasteiger partial charge is 0.0975 e. The fourth-order valence-corrected chi connectivity index (χ4v) is 2.42. The molecule has 0 saturated heterocycles. The Morgan fingerprint density at radius 3 is 2.63 bits per heavy atom. The van der Waals surface area contributed by atoms with Crippen molar-refractivity contribution in [2.24, 2.45) is 0 Å². The number of halogens is 1. The van der Waals surface area contributed by atoms with Crippen LogP contribution in [0.2, 0.25) is 5.02 Å². The molecule has 0 radical (unpaired) electrons. The lowest BCUT2D eigenvalue weighted by atomic mass is 10.0. The molecule has 2 aromatic rings. The summed E-state index contributed by atoms with van der Waals surface area (Å²) in [6.45, 7) is 4.77.